The van der Waals surface area contributed by atoms with Gasteiger partial charge in [0.25, 0.3) is 10.0 Å². The highest BCUT2D eigenvalue weighted by atomic mass is 32.2. The van der Waals surface area contributed by atoms with E-state index in [-0.39, 0.29) is 15.4 Å². The number of benzene rings is 1. The van der Waals surface area contributed by atoms with Gasteiger partial charge >= 0.3 is 0 Å². The highest BCUT2D eigenvalue weighted by Crippen LogP contribution is 2.45. The molecule has 0 spiro atoms. The molecule has 0 radical (unpaired) electrons. The Bertz CT molecular complexity index is 940. The van der Waals surface area contributed by atoms with Crippen LogP contribution in [0.1, 0.15) is 48.3 Å². The molecule has 0 fully saturated rings. The zero-order valence-corrected chi connectivity index (χ0v) is 18.4. The van der Waals surface area contributed by atoms with Crippen LogP contribution in [0.5, 0.6) is 5.75 Å². The number of nitrogens with zero attached hydrogens (tertiary/aromatic N) is 2. The molecule has 148 valence electrons. The topological polar surface area (TPSA) is 70.0 Å². The Kier molecular flexibility index (Phi) is 6.37. The highest BCUT2D eigenvalue weighted by molar-refractivity contribution is 7.92. The maximum Gasteiger partial charge on any atom is 0.293 e. The fraction of sp³-hybridized carbons (Fsp3) is 0.450. The summed E-state index contributed by atoms with van der Waals surface area (Å²) in [6.45, 7) is 7.91. The Morgan fingerprint density at radius 3 is 2.30 bits per heavy atom. The van der Waals surface area contributed by atoms with E-state index in [4.69, 9.17) is 0 Å². The van der Waals surface area contributed by atoms with E-state index in [2.05, 4.69) is 18.2 Å². The van der Waals surface area contributed by atoms with Gasteiger partial charge in [-0.2, -0.15) is 8.42 Å². The lowest BCUT2D eigenvalue weighted by molar-refractivity contribution is 0.464. The summed E-state index contributed by atoms with van der Waals surface area (Å²) in [7, 11) is -0.264. The Labute approximate surface area is 166 Å². The molecule has 0 unspecified atom stereocenters. The molecular formula is C20H28N2O3S2. The van der Waals surface area contributed by atoms with Gasteiger partial charge in [0.1, 0.15) is 16.3 Å². The van der Waals surface area contributed by atoms with Crippen molar-refractivity contribution in [3.05, 3.63) is 45.8 Å². The number of rotatable bonds is 7. The minimum Gasteiger partial charge on any atom is -0.508 e. The molecule has 0 saturated carbocycles. The summed E-state index contributed by atoms with van der Waals surface area (Å²) >= 11 is 1.30. The Balaban J connectivity index is 2.62. The summed E-state index contributed by atoms with van der Waals surface area (Å²) in [4.78, 5) is 2.61. The molecule has 27 heavy (non-hydrogen) atoms. The average Bonchev–Trinajstić information content (AvgIpc) is 3.01. The molecule has 0 aliphatic rings. The van der Waals surface area contributed by atoms with E-state index in [1.165, 1.54) is 17.7 Å². The Hall–Kier alpha value is -1.86. The Morgan fingerprint density at radius 2 is 1.78 bits per heavy atom. The minimum absolute atomic E-state index is 0.267. The van der Waals surface area contributed by atoms with E-state index in [1.54, 1.807) is 25.1 Å². The van der Waals surface area contributed by atoms with Gasteiger partial charge in [0.2, 0.25) is 0 Å². The molecule has 1 heterocycles. The first-order valence-electron chi connectivity index (χ1n) is 8.95. The fourth-order valence-electron chi connectivity index (χ4n) is 3.26. The zero-order valence-electron chi connectivity index (χ0n) is 16.8. The van der Waals surface area contributed by atoms with Crippen LogP contribution in [0, 0.1) is 13.8 Å². The molecule has 1 aromatic heterocycles. The summed E-state index contributed by atoms with van der Waals surface area (Å²) in [5, 5.41) is 9.89. The predicted molar refractivity (Wildman–Crippen MR) is 113 cm³/mol. The van der Waals surface area contributed by atoms with Gasteiger partial charge in [0.15, 0.2) is 0 Å². The summed E-state index contributed by atoms with van der Waals surface area (Å²) in [6, 6.07) is 7.61. The van der Waals surface area contributed by atoms with Crippen LogP contribution in [0.3, 0.4) is 0 Å². The molecule has 0 amide bonds. The molecule has 1 aromatic carbocycles. The first-order chi connectivity index (χ1) is 12.6. The van der Waals surface area contributed by atoms with Crippen molar-refractivity contribution in [1.82, 2.24) is 4.90 Å². The lowest BCUT2D eigenvalue weighted by Gasteiger charge is -2.32. The summed E-state index contributed by atoms with van der Waals surface area (Å²) in [5.74, 6) is 0.267. The van der Waals surface area contributed by atoms with E-state index < -0.39 is 10.0 Å². The van der Waals surface area contributed by atoms with Gasteiger partial charge in [0, 0.05) is 24.4 Å². The van der Waals surface area contributed by atoms with Crippen LogP contribution >= 0.6 is 11.3 Å². The van der Waals surface area contributed by atoms with Gasteiger partial charge in [-0.15, -0.1) is 15.7 Å². The third-order valence-electron chi connectivity index (χ3n) is 4.95. The van der Waals surface area contributed by atoms with Crippen LogP contribution in [0.2, 0.25) is 0 Å². The number of aromatic hydroxyl groups is 1. The molecule has 7 heteroatoms. The van der Waals surface area contributed by atoms with Crippen molar-refractivity contribution in [3.8, 4) is 5.75 Å². The third kappa shape index (κ3) is 4.19. The number of phenolic OH excluding ortho intramolecular Hbond substituents is 1. The van der Waals surface area contributed by atoms with Crippen molar-refractivity contribution in [1.29, 1.82) is 0 Å². The van der Waals surface area contributed by atoms with E-state index >= 15 is 0 Å². The average molecular weight is 409 g/mol. The number of sulfonamides is 1. The van der Waals surface area contributed by atoms with E-state index in [9.17, 15) is 13.5 Å². The number of hydrogen-bond acceptors (Lipinski definition) is 4. The molecule has 0 atom stereocenters. The maximum absolute atomic E-state index is 12.7. The maximum atomic E-state index is 12.7. The van der Waals surface area contributed by atoms with Crippen LogP contribution in [0.4, 0.5) is 0 Å². The standard InChI is InChI=1S/C20H28N2O3S2/c1-7-20(8-2,16-9-10-17(23)14(3)11-16)18-12-15(4)19(26-18)27(24,25)21-13-22(5)6/h9-13,23H,7-8H2,1-6H3. The second kappa shape index (κ2) is 8.02. The molecule has 2 rings (SSSR count). The summed E-state index contributed by atoms with van der Waals surface area (Å²) in [6.07, 6.45) is 2.96. The molecular weight excluding hydrogens is 380 g/mol. The lowest BCUT2D eigenvalue weighted by atomic mass is 9.74. The predicted octanol–water partition coefficient (Wildman–Crippen LogP) is 4.46. The van der Waals surface area contributed by atoms with Crippen LogP contribution in [0.25, 0.3) is 0 Å². The van der Waals surface area contributed by atoms with Gasteiger partial charge in [-0.1, -0.05) is 26.0 Å². The normalized spacial score (nSPS) is 12.7. The zero-order chi connectivity index (χ0) is 20.4. The molecule has 1 N–H and O–H groups in total. The second-order valence-electron chi connectivity index (χ2n) is 7.03. The number of thiophene rings is 1. The Morgan fingerprint density at radius 1 is 1.15 bits per heavy atom. The quantitative estimate of drug-likeness (QED) is 0.543. The van der Waals surface area contributed by atoms with Crippen molar-refractivity contribution in [2.75, 3.05) is 14.1 Å². The van der Waals surface area contributed by atoms with Crippen LogP contribution < -0.4 is 0 Å². The van der Waals surface area contributed by atoms with Gasteiger partial charge in [-0.25, -0.2) is 0 Å². The van der Waals surface area contributed by atoms with E-state index in [0.29, 0.717) is 5.56 Å². The molecule has 0 saturated heterocycles. The SMILES string of the molecule is CCC(CC)(c1ccc(O)c(C)c1)c1cc(C)c(S(=O)(=O)N=CN(C)C)s1. The highest BCUT2D eigenvalue weighted by Gasteiger charge is 2.34. The third-order valence-corrected chi connectivity index (χ3v) is 8.23. The number of hydrogen-bond donors (Lipinski definition) is 1. The first-order valence-corrected chi connectivity index (χ1v) is 11.2. The van der Waals surface area contributed by atoms with Crippen LogP contribution in [0.15, 0.2) is 32.9 Å². The van der Waals surface area contributed by atoms with Gasteiger partial charge in [-0.3, -0.25) is 0 Å². The van der Waals surface area contributed by atoms with Crippen molar-refractivity contribution < 1.29 is 13.5 Å². The van der Waals surface area contributed by atoms with Crippen LogP contribution in [-0.2, 0) is 15.4 Å². The fourth-order valence-corrected chi connectivity index (χ4v) is 6.21. The minimum atomic E-state index is -3.73. The van der Waals surface area contributed by atoms with E-state index in [1.807, 2.05) is 32.0 Å². The smallest absolute Gasteiger partial charge is 0.293 e. The molecule has 2 aromatic rings. The van der Waals surface area contributed by atoms with Crippen LogP contribution in [-0.4, -0.2) is 38.9 Å². The molecule has 0 aliphatic heterocycles. The van der Waals surface area contributed by atoms with Gasteiger partial charge < -0.3 is 10.0 Å². The molecule has 0 bridgehead atoms. The van der Waals surface area contributed by atoms with Crippen molar-refractivity contribution in [3.63, 3.8) is 0 Å². The van der Waals surface area contributed by atoms with Gasteiger partial charge in [-0.05, 0) is 55.5 Å². The monoisotopic (exact) mass is 408 g/mol. The second-order valence-corrected chi connectivity index (χ2v) is 9.91. The number of aryl methyl sites for hydroxylation is 2. The summed E-state index contributed by atoms with van der Waals surface area (Å²) in [5.41, 5.74) is 2.32. The van der Waals surface area contributed by atoms with E-state index in [0.717, 1.165) is 28.8 Å². The lowest BCUT2D eigenvalue weighted by Crippen LogP contribution is -2.24. The number of phenols is 1. The largest absolute Gasteiger partial charge is 0.508 e. The van der Waals surface area contributed by atoms with Crippen molar-refractivity contribution in [2.45, 2.75) is 50.2 Å². The molecule has 5 nitrogen and oxygen atoms in total. The first kappa shape index (κ1) is 21.4. The summed E-state index contributed by atoms with van der Waals surface area (Å²) < 4.78 is 29.4. The van der Waals surface area contributed by atoms with Gasteiger partial charge in [0.05, 0.1) is 0 Å². The van der Waals surface area contributed by atoms with Crippen molar-refractivity contribution in [2.24, 2.45) is 4.40 Å². The van der Waals surface area contributed by atoms with Crippen molar-refractivity contribution >= 4 is 27.7 Å². The molecule has 0 aliphatic carbocycles.